The van der Waals surface area contributed by atoms with E-state index in [2.05, 4.69) is 9.97 Å². The second-order valence-corrected chi connectivity index (χ2v) is 5.57. The summed E-state index contributed by atoms with van der Waals surface area (Å²) < 4.78 is 8.03. The number of hydrogen-bond donors (Lipinski definition) is 4. The molecule has 114 valence electrons. The monoisotopic (exact) mass is 310 g/mol. The summed E-state index contributed by atoms with van der Waals surface area (Å²) in [6, 6.07) is 0. The number of fused-ring (bicyclic) bond motifs is 1. The van der Waals surface area contributed by atoms with Gasteiger partial charge in [0.05, 0.1) is 18.1 Å². The lowest BCUT2D eigenvalue weighted by Crippen LogP contribution is -2.24. The molecule has 1 fully saturated rings. The average Bonchev–Trinajstić information content (AvgIpc) is 2.98. The zero-order valence-electron chi connectivity index (χ0n) is 11.6. The Hall–Kier alpha value is -1.48. The van der Waals surface area contributed by atoms with E-state index in [1.807, 2.05) is 17.7 Å². The van der Waals surface area contributed by atoms with Crippen LogP contribution in [0.5, 0.6) is 0 Å². The van der Waals surface area contributed by atoms with Crippen LogP contribution in [0.3, 0.4) is 0 Å². The number of rotatable bonds is 3. The number of nitrogen functional groups attached to an aromatic ring is 1. The van der Waals surface area contributed by atoms with Crippen LogP contribution in [0.1, 0.15) is 25.1 Å². The molecule has 3 rings (SSSR count). The minimum Gasteiger partial charge on any atom is -0.394 e. The molecule has 21 heavy (non-hydrogen) atoms. The topological polar surface area (TPSA) is 109 Å². The average molecular weight is 310 g/mol. The summed E-state index contributed by atoms with van der Waals surface area (Å²) in [5.74, 6) is 0.242. The molecule has 2 aromatic rings. The van der Waals surface area contributed by atoms with Crippen molar-refractivity contribution >= 4 is 29.2 Å². The van der Waals surface area contributed by atoms with E-state index in [-0.39, 0.29) is 18.8 Å². The molecule has 0 bridgehead atoms. The number of aliphatic hydroxyl groups is 2. The fraction of sp³-hybridized carbons (Fsp3) is 0.538. The summed E-state index contributed by atoms with van der Waals surface area (Å²) in [5, 5.41) is 20.0. The molecule has 0 saturated carbocycles. The first-order valence-electron chi connectivity index (χ1n) is 6.88. The van der Waals surface area contributed by atoms with E-state index in [1.165, 1.54) is 0 Å². The summed E-state index contributed by atoms with van der Waals surface area (Å²) in [7, 11) is 0. The van der Waals surface area contributed by atoms with Crippen LogP contribution < -0.4 is 5.73 Å². The van der Waals surface area contributed by atoms with Gasteiger partial charge in [0.25, 0.3) is 0 Å². The quantitative estimate of drug-likeness (QED) is 0.627. The van der Waals surface area contributed by atoms with Crippen LogP contribution in [0.15, 0.2) is 6.20 Å². The number of hydrogen-bond acceptors (Lipinski definition) is 6. The number of nitrogens with two attached hydrogens (primary N) is 1. The number of aryl methyl sites for hydroxylation is 1. The number of ether oxygens (including phenoxy) is 1. The number of nitrogens with one attached hydrogen (secondary N) is 1. The first kappa shape index (κ1) is 14.5. The number of aromatic amines is 1. The van der Waals surface area contributed by atoms with Crippen molar-refractivity contribution in [3.63, 3.8) is 0 Å². The van der Waals surface area contributed by atoms with Gasteiger partial charge in [-0.15, -0.1) is 0 Å². The van der Waals surface area contributed by atoms with Crippen molar-refractivity contribution in [2.24, 2.45) is 0 Å². The van der Waals surface area contributed by atoms with Crippen LogP contribution in [0, 0.1) is 4.64 Å². The fourth-order valence-corrected chi connectivity index (χ4v) is 3.13. The standard InChI is InChI=1S/C13H18N4O3S/c1-2-6-4-17(9-3-7(19)8(5-18)20-9)11-10(6)12(21)16-13(14)15-11/h4,7-9,18-19H,2-3,5H2,1H3,(H3,14,15,16,21). The van der Waals surface area contributed by atoms with Crippen LogP contribution >= 0.6 is 12.2 Å². The first-order valence-corrected chi connectivity index (χ1v) is 7.29. The molecule has 1 aliphatic heterocycles. The number of anilines is 1. The molecule has 5 N–H and O–H groups in total. The van der Waals surface area contributed by atoms with Crippen molar-refractivity contribution in [2.45, 2.75) is 38.2 Å². The fourth-order valence-electron chi connectivity index (χ4n) is 2.80. The van der Waals surface area contributed by atoms with E-state index in [0.29, 0.717) is 11.1 Å². The highest BCUT2D eigenvalue weighted by atomic mass is 32.1. The molecule has 0 amide bonds. The smallest absolute Gasteiger partial charge is 0.200 e. The Kier molecular flexibility index (Phi) is 3.70. The Morgan fingerprint density at radius 3 is 3.00 bits per heavy atom. The maximum atomic E-state index is 9.90. The lowest BCUT2D eigenvalue weighted by Gasteiger charge is -2.14. The van der Waals surface area contributed by atoms with Crippen molar-refractivity contribution in [2.75, 3.05) is 12.3 Å². The SMILES string of the molecule is CCc1cn(C2CC(O)C(CO)O2)c2[nH]c(N)nc(=S)c12. The molecular formula is C13H18N4O3S. The lowest BCUT2D eigenvalue weighted by atomic mass is 10.2. The predicted molar refractivity (Wildman–Crippen MR) is 80.3 cm³/mol. The van der Waals surface area contributed by atoms with E-state index < -0.39 is 12.2 Å². The molecule has 1 aliphatic rings. The van der Waals surface area contributed by atoms with Gasteiger partial charge in [0, 0.05) is 12.6 Å². The molecule has 3 unspecified atom stereocenters. The minimum atomic E-state index is -0.690. The van der Waals surface area contributed by atoms with Gasteiger partial charge in [0.1, 0.15) is 22.6 Å². The predicted octanol–water partition coefficient (Wildman–Crippen LogP) is 0.879. The van der Waals surface area contributed by atoms with E-state index in [9.17, 15) is 10.2 Å². The van der Waals surface area contributed by atoms with Crippen LogP contribution in [0.4, 0.5) is 5.95 Å². The maximum absolute atomic E-state index is 9.90. The lowest BCUT2D eigenvalue weighted by molar-refractivity contribution is -0.0430. The summed E-state index contributed by atoms with van der Waals surface area (Å²) >= 11 is 5.30. The minimum absolute atomic E-state index is 0.211. The van der Waals surface area contributed by atoms with Crippen molar-refractivity contribution in [1.29, 1.82) is 0 Å². The number of aromatic nitrogens is 3. The largest absolute Gasteiger partial charge is 0.394 e. The third kappa shape index (κ3) is 2.34. The molecule has 0 aliphatic carbocycles. The summed E-state index contributed by atoms with van der Waals surface area (Å²) in [5.41, 5.74) is 7.53. The van der Waals surface area contributed by atoms with Crippen LogP contribution in [-0.2, 0) is 11.2 Å². The molecule has 1 saturated heterocycles. The number of nitrogens with zero attached hydrogens (tertiary/aromatic N) is 2. The van der Waals surface area contributed by atoms with E-state index in [4.69, 9.17) is 22.7 Å². The van der Waals surface area contributed by atoms with Gasteiger partial charge in [0.15, 0.2) is 5.95 Å². The van der Waals surface area contributed by atoms with Crippen LogP contribution in [0.25, 0.3) is 11.0 Å². The van der Waals surface area contributed by atoms with Gasteiger partial charge in [-0.05, 0) is 12.0 Å². The highest BCUT2D eigenvalue weighted by Gasteiger charge is 2.35. The molecule has 0 spiro atoms. The Morgan fingerprint density at radius 1 is 1.62 bits per heavy atom. The third-order valence-electron chi connectivity index (χ3n) is 3.87. The molecule has 3 heterocycles. The Balaban J connectivity index is 2.13. The molecular weight excluding hydrogens is 292 g/mol. The van der Waals surface area contributed by atoms with Crippen molar-refractivity contribution < 1.29 is 14.9 Å². The van der Waals surface area contributed by atoms with Crippen molar-refractivity contribution in [1.82, 2.24) is 14.5 Å². The summed E-state index contributed by atoms with van der Waals surface area (Å²) in [6.07, 6.45) is 1.51. The normalized spacial score (nSPS) is 25.8. The molecule has 0 radical (unpaired) electrons. The van der Waals surface area contributed by atoms with E-state index in [1.54, 1.807) is 0 Å². The number of H-pyrrole nitrogens is 1. The Labute approximate surface area is 126 Å². The summed E-state index contributed by atoms with van der Waals surface area (Å²) in [4.78, 5) is 7.11. The van der Waals surface area contributed by atoms with Gasteiger partial charge < -0.3 is 30.2 Å². The zero-order chi connectivity index (χ0) is 15.1. The second kappa shape index (κ2) is 5.38. The Morgan fingerprint density at radius 2 is 2.38 bits per heavy atom. The molecule has 3 atom stereocenters. The highest BCUT2D eigenvalue weighted by molar-refractivity contribution is 7.71. The summed E-state index contributed by atoms with van der Waals surface area (Å²) in [6.45, 7) is 1.82. The van der Waals surface area contributed by atoms with Crippen LogP contribution in [-0.4, -0.2) is 43.6 Å². The Bertz CT molecular complexity index is 726. The van der Waals surface area contributed by atoms with Crippen molar-refractivity contribution in [3.05, 3.63) is 16.4 Å². The third-order valence-corrected chi connectivity index (χ3v) is 4.16. The maximum Gasteiger partial charge on any atom is 0.200 e. The molecule has 7 nitrogen and oxygen atoms in total. The van der Waals surface area contributed by atoms with E-state index >= 15 is 0 Å². The van der Waals surface area contributed by atoms with Gasteiger partial charge in [-0.1, -0.05) is 19.1 Å². The van der Waals surface area contributed by atoms with Crippen LogP contribution in [0.2, 0.25) is 0 Å². The van der Waals surface area contributed by atoms with Gasteiger partial charge in [-0.3, -0.25) is 0 Å². The molecule has 0 aromatic carbocycles. The second-order valence-electron chi connectivity index (χ2n) is 5.18. The van der Waals surface area contributed by atoms with Gasteiger partial charge in [0.2, 0.25) is 0 Å². The number of aliphatic hydroxyl groups excluding tert-OH is 2. The zero-order valence-corrected chi connectivity index (χ0v) is 12.4. The molecule has 2 aromatic heterocycles. The van der Waals surface area contributed by atoms with Gasteiger partial charge in [-0.25, -0.2) is 4.98 Å². The van der Waals surface area contributed by atoms with E-state index in [0.717, 1.165) is 23.0 Å². The van der Waals surface area contributed by atoms with Gasteiger partial charge in [-0.2, -0.15) is 0 Å². The van der Waals surface area contributed by atoms with Crippen molar-refractivity contribution in [3.8, 4) is 0 Å². The molecule has 8 heteroatoms. The van der Waals surface area contributed by atoms with Gasteiger partial charge >= 0.3 is 0 Å². The first-order chi connectivity index (χ1) is 10.0. The highest BCUT2D eigenvalue weighted by Crippen LogP contribution is 2.33.